The topological polar surface area (TPSA) is 26.3 Å². The summed E-state index contributed by atoms with van der Waals surface area (Å²) in [6.07, 6.45) is 1.37. The van der Waals surface area contributed by atoms with E-state index in [1.54, 1.807) is 11.8 Å². The van der Waals surface area contributed by atoms with Crippen molar-refractivity contribution in [2.45, 2.75) is 17.7 Å². The minimum Gasteiger partial charge on any atom is -0.469 e. The van der Waals surface area contributed by atoms with Gasteiger partial charge >= 0.3 is 5.97 Å². The van der Waals surface area contributed by atoms with Crippen LogP contribution in [0.25, 0.3) is 0 Å². The number of carbonyl (C=O) groups excluding carboxylic acids is 1. The summed E-state index contributed by atoms with van der Waals surface area (Å²) >= 11 is 4.10. The Morgan fingerprint density at radius 1 is 1.47 bits per heavy atom. The van der Waals surface area contributed by atoms with Crippen molar-refractivity contribution in [3.8, 4) is 0 Å². The molecule has 1 rings (SSSR count). The predicted molar refractivity (Wildman–Crippen MR) is 71.1 cm³/mol. The maximum absolute atomic E-state index is 10.9. The summed E-state index contributed by atoms with van der Waals surface area (Å²) in [6, 6.07) is 8.25. The van der Waals surface area contributed by atoms with Crippen LogP contribution in [0.2, 0.25) is 0 Å². The SMILES string of the molecule is COC(=O)CCCSc1ccccc1I. The van der Waals surface area contributed by atoms with E-state index in [2.05, 4.69) is 39.5 Å². The van der Waals surface area contributed by atoms with Crippen LogP contribution in [-0.2, 0) is 9.53 Å². The molecule has 0 aliphatic heterocycles. The lowest BCUT2D eigenvalue weighted by molar-refractivity contribution is -0.140. The molecule has 0 aromatic heterocycles. The molecule has 0 saturated heterocycles. The second-order valence-corrected chi connectivity index (χ2v) is 5.26. The lowest BCUT2D eigenvalue weighted by Gasteiger charge is -2.03. The number of halogens is 1. The molecule has 0 heterocycles. The fourth-order valence-electron chi connectivity index (χ4n) is 1.06. The highest BCUT2D eigenvalue weighted by Crippen LogP contribution is 2.24. The average Bonchev–Trinajstić information content (AvgIpc) is 2.26. The Labute approximate surface area is 108 Å². The molecule has 2 nitrogen and oxygen atoms in total. The summed E-state index contributed by atoms with van der Waals surface area (Å²) < 4.78 is 5.84. The van der Waals surface area contributed by atoms with Gasteiger partial charge in [-0.3, -0.25) is 4.79 Å². The van der Waals surface area contributed by atoms with Gasteiger partial charge in [-0.1, -0.05) is 12.1 Å². The van der Waals surface area contributed by atoms with Crippen LogP contribution in [0.3, 0.4) is 0 Å². The van der Waals surface area contributed by atoms with Gasteiger partial charge in [-0.05, 0) is 46.9 Å². The number of benzene rings is 1. The van der Waals surface area contributed by atoms with Crippen LogP contribution in [-0.4, -0.2) is 18.8 Å². The van der Waals surface area contributed by atoms with Crippen LogP contribution in [0.1, 0.15) is 12.8 Å². The van der Waals surface area contributed by atoms with E-state index < -0.39 is 0 Å². The van der Waals surface area contributed by atoms with Gasteiger partial charge in [-0.15, -0.1) is 11.8 Å². The number of thioether (sulfide) groups is 1. The molecule has 0 atom stereocenters. The van der Waals surface area contributed by atoms with Gasteiger partial charge in [-0.2, -0.15) is 0 Å². The molecule has 4 heteroatoms. The number of ether oxygens (including phenoxy) is 1. The lowest BCUT2D eigenvalue weighted by atomic mass is 10.3. The summed E-state index contributed by atoms with van der Waals surface area (Å²) in [5.74, 6) is 0.827. The van der Waals surface area contributed by atoms with Gasteiger partial charge in [-0.25, -0.2) is 0 Å². The van der Waals surface area contributed by atoms with E-state index >= 15 is 0 Å². The van der Waals surface area contributed by atoms with Crippen molar-refractivity contribution in [1.82, 2.24) is 0 Å². The van der Waals surface area contributed by atoms with Crippen LogP contribution in [0.15, 0.2) is 29.2 Å². The van der Waals surface area contributed by atoms with Gasteiger partial charge < -0.3 is 4.74 Å². The fourth-order valence-corrected chi connectivity index (χ4v) is 2.81. The van der Waals surface area contributed by atoms with Crippen LogP contribution in [0.4, 0.5) is 0 Å². The molecule has 0 radical (unpaired) electrons. The number of hydrogen-bond acceptors (Lipinski definition) is 3. The molecular formula is C11H13IO2S. The predicted octanol–water partition coefficient (Wildman–Crippen LogP) is 3.34. The number of carbonyl (C=O) groups is 1. The van der Waals surface area contributed by atoms with Crippen molar-refractivity contribution in [3.05, 3.63) is 27.8 Å². The molecule has 1 aromatic rings. The Morgan fingerprint density at radius 2 is 2.20 bits per heavy atom. The van der Waals surface area contributed by atoms with Crippen LogP contribution in [0, 0.1) is 3.57 Å². The van der Waals surface area contributed by atoms with E-state index in [0.717, 1.165) is 12.2 Å². The molecule has 0 bridgehead atoms. The summed E-state index contributed by atoms with van der Waals surface area (Å²) in [6.45, 7) is 0. The summed E-state index contributed by atoms with van der Waals surface area (Å²) in [4.78, 5) is 12.1. The van der Waals surface area contributed by atoms with Gasteiger partial charge in [0.25, 0.3) is 0 Å². The monoisotopic (exact) mass is 336 g/mol. The first-order valence-corrected chi connectivity index (χ1v) is 6.74. The van der Waals surface area contributed by atoms with E-state index in [1.807, 2.05) is 12.1 Å². The van der Waals surface area contributed by atoms with Gasteiger partial charge in [0, 0.05) is 14.9 Å². The minimum atomic E-state index is -0.127. The third-order valence-electron chi connectivity index (χ3n) is 1.85. The molecule has 0 aliphatic rings. The Hall–Kier alpha value is -0.230. The van der Waals surface area contributed by atoms with E-state index in [-0.39, 0.29) is 5.97 Å². The average molecular weight is 336 g/mol. The van der Waals surface area contributed by atoms with Crippen molar-refractivity contribution in [3.63, 3.8) is 0 Å². The third kappa shape index (κ3) is 4.88. The van der Waals surface area contributed by atoms with Crippen molar-refractivity contribution >= 4 is 40.3 Å². The van der Waals surface area contributed by atoms with Crippen molar-refractivity contribution < 1.29 is 9.53 Å². The van der Waals surface area contributed by atoms with Crippen LogP contribution >= 0.6 is 34.4 Å². The van der Waals surface area contributed by atoms with Gasteiger partial charge in [0.2, 0.25) is 0 Å². The maximum Gasteiger partial charge on any atom is 0.305 e. The van der Waals surface area contributed by atoms with E-state index in [1.165, 1.54) is 15.6 Å². The minimum absolute atomic E-state index is 0.127. The van der Waals surface area contributed by atoms with Crippen molar-refractivity contribution in [1.29, 1.82) is 0 Å². The smallest absolute Gasteiger partial charge is 0.305 e. The molecule has 0 unspecified atom stereocenters. The molecule has 0 saturated carbocycles. The molecule has 15 heavy (non-hydrogen) atoms. The highest BCUT2D eigenvalue weighted by molar-refractivity contribution is 14.1. The standard InChI is InChI=1S/C11H13IO2S/c1-14-11(13)7-4-8-15-10-6-3-2-5-9(10)12/h2-3,5-6H,4,7-8H2,1H3. The van der Waals surface area contributed by atoms with Gasteiger partial charge in [0.1, 0.15) is 0 Å². The molecule has 0 spiro atoms. The number of methoxy groups -OCH3 is 1. The summed E-state index contributed by atoms with van der Waals surface area (Å²) in [5, 5.41) is 0. The second kappa shape index (κ2) is 7.11. The fraction of sp³-hybridized carbons (Fsp3) is 0.364. The third-order valence-corrected chi connectivity index (χ3v) is 4.31. The van der Waals surface area contributed by atoms with Crippen molar-refractivity contribution in [2.24, 2.45) is 0 Å². The molecule has 0 amide bonds. The Balaban J connectivity index is 2.26. The van der Waals surface area contributed by atoms with Crippen LogP contribution < -0.4 is 0 Å². The highest BCUT2D eigenvalue weighted by atomic mass is 127. The Kier molecular flexibility index (Phi) is 6.09. The van der Waals surface area contributed by atoms with E-state index in [9.17, 15) is 4.79 Å². The molecular weight excluding hydrogens is 323 g/mol. The number of rotatable bonds is 5. The second-order valence-electron chi connectivity index (χ2n) is 2.96. The molecule has 1 aromatic carbocycles. The number of hydrogen-bond donors (Lipinski definition) is 0. The first-order valence-electron chi connectivity index (χ1n) is 4.68. The zero-order chi connectivity index (χ0) is 11.1. The van der Waals surface area contributed by atoms with Gasteiger partial charge in [0.15, 0.2) is 0 Å². The highest BCUT2D eigenvalue weighted by Gasteiger charge is 2.01. The molecule has 0 aliphatic carbocycles. The summed E-state index contributed by atoms with van der Waals surface area (Å²) in [7, 11) is 1.43. The molecule has 82 valence electrons. The first-order chi connectivity index (χ1) is 7.24. The Bertz CT molecular complexity index is 328. The number of esters is 1. The van der Waals surface area contributed by atoms with E-state index in [0.29, 0.717) is 6.42 Å². The zero-order valence-electron chi connectivity index (χ0n) is 8.53. The van der Waals surface area contributed by atoms with Gasteiger partial charge in [0.05, 0.1) is 7.11 Å². The Morgan fingerprint density at radius 3 is 2.87 bits per heavy atom. The largest absolute Gasteiger partial charge is 0.469 e. The summed E-state index contributed by atoms with van der Waals surface area (Å²) in [5.41, 5.74) is 0. The van der Waals surface area contributed by atoms with Crippen LogP contribution in [0.5, 0.6) is 0 Å². The molecule has 0 N–H and O–H groups in total. The normalized spacial score (nSPS) is 10.0. The quantitative estimate of drug-likeness (QED) is 0.357. The zero-order valence-corrected chi connectivity index (χ0v) is 11.5. The first kappa shape index (κ1) is 12.8. The lowest BCUT2D eigenvalue weighted by Crippen LogP contribution is -2.00. The molecule has 0 fully saturated rings. The van der Waals surface area contributed by atoms with Crippen molar-refractivity contribution in [2.75, 3.05) is 12.9 Å². The van der Waals surface area contributed by atoms with E-state index in [4.69, 9.17) is 0 Å². The maximum atomic E-state index is 10.9.